The Balaban J connectivity index is 1.32. The molecule has 2 heterocycles. The lowest BCUT2D eigenvalue weighted by Crippen LogP contribution is -2.33. The topological polar surface area (TPSA) is 110 Å². The lowest BCUT2D eigenvalue weighted by molar-refractivity contribution is 0.0793. The van der Waals surface area contributed by atoms with Gasteiger partial charge in [-0.1, -0.05) is 5.16 Å². The van der Waals surface area contributed by atoms with Crippen LogP contribution in [-0.2, 0) is 6.42 Å². The molecule has 1 aliphatic heterocycles. The molecular formula is C25H29N5O5. The third-order valence-corrected chi connectivity index (χ3v) is 5.86. The highest BCUT2D eigenvalue weighted by atomic mass is 16.5. The van der Waals surface area contributed by atoms with Crippen LogP contribution in [0.3, 0.4) is 0 Å². The molecule has 1 saturated heterocycles. The summed E-state index contributed by atoms with van der Waals surface area (Å²) in [6.45, 7) is 2.01. The zero-order chi connectivity index (χ0) is 24.8. The zero-order valence-corrected chi connectivity index (χ0v) is 20.1. The van der Waals surface area contributed by atoms with Crippen LogP contribution in [0.2, 0.25) is 0 Å². The third kappa shape index (κ3) is 5.89. The summed E-state index contributed by atoms with van der Waals surface area (Å²) in [7, 11) is 4.78. The second kappa shape index (κ2) is 10.9. The molecule has 10 nitrogen and oxygen atoms in total. The van der Waals surface area contributed by atoms with Crippen molar-refractivity contribution in [2.75, 3.05) is 46.2 Å². The number of hydrogen-bond acceptors (Lipinski definition) is 7. The number of nitrogens with one attached hydrogen (secondary N) is 1. The number of hydrogen-bond donors (Lipinski definition) is 1. The quantitative estimate of drug-likeness (QED) is 0.525. The summed E-state index contributed by atoms with van der Waals surface area (Å²) in [6, 6.07) is 12.0. The fourth-order valence-electron chi connectivity index (χ4n) is 3.80. The summed E-state index contributed by atoms with van der Waals surface area (Å²) in [5.41, 5.74) is 1.95. The van der Waals surface area contributed by atoms with E-state index in [1.165, 1.54) is 4.90 Å². The van der Waals surface area contributed by atoms with E-state index in [1.54, 1.807) is 51.6 Å². The first-order chi connectivity index (χ1) is 17.0. The van der Waals surface area contributed by atoms with Gasteiger partial charge in [-0.3, -0.25) is 4.79 Å². The van der Waals surface area contributed by atoms with E-state index in [9.17, 15) is 9.59 Å². The average molecular weight is 480 g/mol. The van der Waals surface area contributed by atoms with E-state index >= 15 is 0 Å². The Morgan fingerprint density at radius 3 is 2.34 bits per heavy atom. The largest absolute Gasteiger partial charge is 0.497 e. The normalized spacial score (nSPS) is 12.9. The van der Waals surface area contributed by atoms with E-state index in [2.05, 4.69) is 15.5 Å². The van der Waals surface area contributed by atoms with Gasteiger partial charge in [0, 0.05) is 68.1 Å². The van der Waals surface area contributed by atoms with Gasteiger partial charge in [0.05, 0.1) is 14.2 Å². The van der Waals surface area contributed by atoms with E-state index in [4.69, 9.17) is 14.0 Å². The number of carbonyl (C=O) groups excluding carboxylic acids is 2. The van der Waals surface area contributed by atoms with Crippen LogP contribution >= 0.6 is 0 Å². The molecule has 0 aliphatic carbocycles. The Morgan fingerprint density at radius 1 is 1.06 bits per heavy atom. The first-order valence-corrected chi connectivity index (χ1v) is 11.4. The van der Waals surface area contributed by atoms with Crippen molar-refractivity contribution in [3.05, 3.63) is 53.9 Å². The lowest BCUT2D eigenvalue weighted by atomic mass is 10.1. The first-order valence-electron chi connectivity index (χ1n) is 11.4. The molecule has 0 atom stereocenters. The zero-order valence-electron chi connectivity index (χ0n) is 20.1. The predicted octanol–water partition coefficient (Wildman–Crippen LogP) is 3.70. The maximum Gasteiger partial charge on any atom is 0.321 e. The Labute approximate surface area is 203 Å². The Hall–Kier alpha value is -4.08. The van der Waals surface area contributed by atoms with Crippen molar-refractivity contribution in [1.29, 1.82) is 0 Å². The smallest absolute Gasteiger partial charge is 0.321 e. The molecule has 1 aliphatic rings. The number of methoxy groups -OCH3 is 2. The van der Waals surface area contributed by atoms with Gasteiger partial charge in [0.1, 0.15) is 11.5 Å². The second-order valence-electron chi connectivity index (χ2n) is 8.30. The number of aromatic nitrogens is 2. The van der Waals surface area contributed by atoms with Crippen molar-refractivity contribution < 1.29 is 23.6 Å². The van der Waals surface area contributed by atoms with Crippen molar-refractivity contribution in [2.24, 2.45) is 0 Å². The van der Waals surface area contributed by atoms with Crippen molar-refractivity contribution in [1.82, 2.24) is 19.9 Å². The lowest BCUT2D eigenvalue weighted by Gasteiger charge is -2.17. The number of urea groups is 1. The number of rotatable bonds is 8. The number of likely N-dealkylation sites (tertiary alicyclic amines) is 1. The summed E-state index contributed by atoms with van der Waals surface area (Å²) < 4.78 is 15.9. The number of nitrogens with zero attached hydrogens (tertiary/aromatic N) is 4. The monoisotopic (exact) mass is 479 g/mol. The molecule has 184 valence electrons. The van der Waals surface area contributed by atoms with E-state index in [-0.39, 0.29) is 11.9 Å². The number of likely N-dealkylation sites (N-methyl/N-ethyl adjacent to an activating group) is 1. The summed E-state index contributed by atoms with van der Waals surface area (Å²) in [4.78, 5) is 32.9. The van der Waals surface area contributed by atoms with Crippen LogP contribution in [0.1, 0.15) is 29.0 Å². The molecule has 0 saturated carbocycles. The van der Waals surface area contributed by atoms with E-state index in [0.29, 0.717) is 47.4 Å². The number of carbonyl (C=O) groups is 2. The molecule has 0 unspecified atom stereocenters. The van der Waals surface area contributed by atoms with Gasteiger partial charge in [-0.2, -0.15) is 4.98 Å². The molecule has 1 fully saturated rings. The van der Waals surface area contributed by atoms with Crippen molar-refractivity contribution in [3.63, 3.8) is 0 Å². The van der Waals surface area contributed by atoms with Gasteiger partial charge in [0.2, 0.25) is 0 Å². The molecule has 3 amide bonds. The molecule has 0 bridgehead atoms. The first kappa shape index (κ1) is 24.1. The summed E-state index contributed by atoms with van der Waals surface area (Å²) in [5.74, 6) is 2.06. The molecule has 4 rings (SSSR count). The highest BCUT2D eigenvalue weighted by Crippen LogP contribution is 2.26. The highest BCUT2D eigenvalue weighted by Gasteiger charge is 2.20. The van der Waals surface area contributed by atoms with Crippen molar-refractivity contribution >= 4 is 17.6 Å². The van der Waals surface area contributed by atoms with Crippen LogP contribution in [0.5, 0.6) is 11.5 Å². The number of amides is 3. The van der Waals surface area contributed by atoms with Crippen molar-refractivity contribution in [3.8, 4) is 23.0 Å². The van der Waals surface area contributed by atoms with Crippen LogP contribution < -0.4 is 14.8 Å². The van der Waals surface area contributed by atoms with Gasteiger partial charge in [-0.05, 0) is 37.1 Å². The van der Waals surface area contributed by atoms with Crippen LogP contribution in [-0.4, -0.2) is 72.8 Å². The van der Waals surface area contributed by atoms with Gasteiger partial charge in [-0.25, -0.2) is 4.79 Å². The second-order valence-corrected chi connectivity index (χ2v) is 8.30. The number of benzene rings is 2. The Kier molecular flexibility index (Phi) is 7.49. The van der Waals surface area contributed by atoms with Gasteiger partial charge >= 0.3 is 6.03 Å². The van der Waals surface area contributed by atoms with Crippen LogP contribution in [0.4, 0.5) is 10.5 Å². The number of ether oxygens (including phenoxy) is 2. The average Bonchev–Trinajstić information content (AvgIpc) is 3.59. The van der Waals surface area contributed by atoms with Gasteiger partial charge < -0.3 is 29.1 Å². The third-order valence-electron chi connectivity index (χ3n) is 5.86. The minimum absolute atomic E-state index is 0.0500. The molecule has 3 aromatic rings. The molecule has 35 heavy (non-hydrogen) atoms. The SMILES string of the molecule is COc1cc(NC(=O)N(C)CCc2noc(-c3ccc(C(=O)N4CCCC4)cc3)n2)cc(OC)c1. The molecule has 1 aromatic heterocycles. The van der Waals surface area contributed by atoms with Gasteiger partial charge in [0.25, 0.3) is 11.8 Å². The molecule has 10 heteroatoms. The van der Waals surface area contributed by atoms with E-state index in [1.807, 2.05) is 17.0 Å². The van der Waals surface area contributed by atoms with Crippen LogP contribution in [0.25, 0.3) is 11.5 Å². The Bertz CT molecular complexity index is 1150. The predicted molar refractivity (Wildman–Crippen MR) is 130 cm³/mol. The molecule has 2 aromatic carbocycles. The van der Waals surface area contributed by atoms with Crippen LogP contribution in [0.15, 0.2) is 47.0 Å². The molecule has 0 spiro atoms. The number of anilines is 1. The summed E-state index contributed by atoms with van der Waals surface area (Å²) in [6.07, 6.45) is 2.53. The summed E-state index contributed by atoms with van der Waals surface area (Å²) >= 11 is 0. The fourth-order valence-corrected chi connectivity index (χ4v) is 3.80. The highest BCUT2D eigenvalue weighted by molar-refractivity contribution is 5.94. The van der Waals surface area contributed by atoms with Crippen molar-refractivity contribution in [2.45, 2.75) is 19.3 Å². The summed E-state index contributed by atoms with van der Waals surface area (Å²) in [5, 5.41) is 6.85. The fraction of sp³-hybridized carbons (Fsp3) is 0.360. The Morgan fingerprint density at radius 2 is 1.71 bits per heavy atom. The van der Waals surface area contributed by atoms with Crippen LogP contribution in [0, 0.1) is 0 Å². The van der Waals surface area contributed by atoms with E-state index in [0.717, 1.165) is 31.5 Å². The molecular weight excluding hydrogens is 450 g/mol. The minimum atomic E-state index is -0.290. The van der Waals surface area contributed by atoms with E-state index < -0.39 is 0 Å². The standard InChI is InChI=1S/C25H29N5O5/c1-29(25(32)26-19-14-20(33-2)16-21(15-19)34-3)13-10-22-27-23(35-28-22)17-6-8-18(9-7-17)24(31)30-11-4-5-12-30/h6-9,14-16H,4-5,10-13H2,1-3H3,(H,26,32). The molecule has 1 N–H and O–H groups in total. The minimum Gasteiger partial charge on any atom is -0.497 e. The maximum atomic E-state index is 12.6. The van der Waals surface area contributed by atoms with Gasteiger partial charge in [-0.15, -0.1) is 0 Å². The molecule has 0 radical (unpaired) electrons. The maximum absolute atomic E-state index is 12.6. The van der Waals surface area contributed by atoms with Gasteiger partial charge in [0.15, 0.2) is 5.82 Å².